The smallest absolute Gasteiger partial charge is 0.399 e. The van der Waals surface area contributed by atoms with Crippen LogP contribution in [0.15, 0.2) is 42.5 Å². The van der Waals surface area contributed by atoms with Crippen molar-refractivity contribution in [3.63, 3.8) is 0 Å². The van der Waals surface area contributed by atoms with E-state index in [2.05, 4.69) is 22.5 Å². The number of likely N-dealkylation sites (N-methyl/N-ethyl adjacent to an activating group) is 1. The zero-order valence-electron chi connectivity index (χ0n) is 16.5. The summed E-state index contributed by atoms with van der Waals surface area (Å²) >= 11 is 0. The van der Waals surface area contributed by atoms with Gasteiger partial charge in [-0.3, -0.25) is 9.69 Å². The van der Waals surface area contributed by atoms with E-state index in [0.29, 0.717) is 28.9 Å². The lowest BCUT2D eigenvalue weighted by atomic mass is 9.98. The Morgan fingerprint density at radius 3 is 2.14 bits per heavy atom. The number of anilines is 1. The number of benzene rings is 2. The Balaban J connectivity index is 0.000000941. The van der Waals surface area contributed by atoms with E-state index in [0.717, 1.165) is 32.7 Å². The van der Waals surface area contributed by atoms with Crippen molar-refractivity contribution in [1.29, 1.82) is 0 Å². The average Bonchev–Trinajstić information content (AvgIpc) is 2.69. The molecule has 1 fully saturated rings. The van der Waals surface area contributed by atoms with Crippen LogP contribution >= 0.6 is 0 Å². The molecular formula is C21H27F3N4O. The molecule has 0 radical (unpaired) electrons. The predicted octanol–water partition coefficient (Wildman–Crippen LogP) is 3.19. The highest BCUT2D eigenvalue weighted by Crippen LogP contribution is 2.36. The summed E-state index contributed by atoms with van der Waals surface area (Å²) in [6.07, 6.45) is -4.13. The Labute approximate surface area is 169 Å². The first-order valence-corrected chi connectivity index (χ1v) is 9.44. The molecule has 0 atom stereocenters. The molecule has 1 amide bonds. The topological polar surface area (TPSA) is 75.6 Å². The molecule has 1 aliphatic heterocycles. The normalized spacial score (nSPS) is 15.4. The van der Waals surface area contributed by atoms with Crippen molar-refractivity contribution >= 4 is 12.1 Å². The van der Waals surface area contributed by atoms with Gasteiger partial charge in [-0.2, -0.15) is 13.2 Å². The summed E-state index contributed by atoms with van der Waals surface area (Å²) in [5.41, 5.74) is 11.5. The van der Waals surface area contributed by atoms with Gasteiger partial charge < -0.3 is 16.4 Å². The van der Waals surface area contributed by atoms with Gasteiger partial charge in [0.15, 0.2) is 0 Å². The lowest BCUT2D eigenvalue weighted by Crippen LogP contribution is -2.45. The van der Waals surface area contributed by atoms with E-state index in [9.17, 15) is 13.2 Å². The number of primary amides is 1. The highest BCUT2D eigenvalue weighted by Gasteiger charge is 2.34. The molecule has 0 aliphatic carbocycles. The van der Waals surface area contributed by atoms with Gasteiger partial charge in [0.1, 0.15) is 0 Å². The van der Waals surface area contributed by atoms with E-state index in [1.807, 2.05) is 0 Å². The third kappa shape index (κ3) is 6.47. The van der Waals surface area contributed by atoms with Gasteiger partial charge in [0.05, 0.1) is 5.56 Å². The monoisotopic (exact) mass is 408 g/mol. The van der Waals surface area contributed by atoms with Crippen molar-refractivity contribution < 1.29 is 18.0 Å². The van der Waals surface area contributed by atoms with E-state index in [-0.39, 0.29) is 6.41 Å². The fraction of sp³-hybridized carbons (Fsp3) is 0.381. The molecule has 1 saturated heterocycles. The van der Waals surface area contributed by atoms with Crippen LogP contribution in [0.1, 0.15) is 18.1 Å². The number of nitrogen functional groups attached to an aromatic ring is 1. The lowest BCUT2D eigenvalue weighted by Gasteiger charge is -2.34. The zero-order chi connectivity index (χ0) is 21.4. The number of amides is 1. The number of alkyl halides is 3. The number of hydrogen-bond acceptors (Lipinski definition) is 4. The number of hydrogen-bond donors (Lipinski definition) is 2. The molecule has 8 heteroatoms. The third-order valence-corrected chi connectivity index (χ3v) is 4.94. The molecule has 3 rings (SSSR count). The number of nitrogens with two attached hydrogens (primary N) is 2. The standard InChI is InChI=1S/C20H24F3N3.CH3NO/c1-2-25-8-10-26(11-9-25)14-17-7-6-16(13-19(17)20(21,22)23)15-4-3-5-18(24)12-15;2-1-3/h3-7,12-13H,2,8-11,14,24H2,1H3;1H,(H2,2,3). The quantitative estimate of drug-likeness (QED) is 0.602. The van der Waals surface area contributed by atoms with Crippen LogP contribution in [0, 0.1) is 0 Å². The first kappa shape index (κ1) is 22.7. The molecule has 0 spiro atoms. The molecule has 0 aromatic heterocycles. The first-order valence-electron chi connectivity index (χ1n) is 9.44. The summed E-state index contributed by atoms with van der Waals surface area (Å²) in [6.45, 7) is 6.80. The molecule has 2 aromatic rings. The van der Waals surface area contributed by atoms with Crippen LogP contribution in [-0.4, -0.2) is 48.9 Å². The second-order valence-electron chi connectivity index (χ2n) is 6.84. The van der Waals surface area contributed by atoms with Gasteiger partial charge in [-0.15, -0.1) is 0 Å². The van der Waals surface area contributed by atoms with Gasteiger partial charge in [-0.05, 0) is 41.4 Å². The number of nitrogens with zero attached hydrogens (tertiary/aromatic N) is 2. The molecule has 5 nitrogen and oxygen atoms in total. The minimum Gasteiger partial charge on any atom is -0.399 e. The second kappa shape index (κ2) is 10.3. The maximum Gasteiger partial charge on any atom is 0.416 e. The van der Waals surface area contributed by atoms with Gasteiger partial charge in [0.2, 0.25) is 6.41 Å². The minimum atomic E-state index is -4.38. The zero-order valence-corrected chi connectivity index (χ0v) is 16.5. The molecule has 158 valence electrons. The molecule has 29 heavy (non-hydrogen) atoms. The third-order valence-electron chi connectivity index (χ3n) is 4.94. The largest absolute Gasteiger partial charge is 0.416 e. The second-order valence-corrected chi connectivity index (χ2v) is 6.84. The Hall–Kier alpha value is -2.58. The van der Waals surface area contributed by atoms with Crippen LogP contribution in [0.5, 0.6) is 0 Å². The summed E-state index contributed by atoms with van der Waals surface area (Å²) < 4.78 is 40.9. The van der Waals surface area contributed by atoms with Gasteiger partial charge >= 0.3 is 6.18 Å². The van der Waals surface area contributed by atoms with Gasteiger partial charge in [-0.1, -0.05) is 31.2 Å². The van der Waals surface area contributed by atoms with Gasteiger partial charge in [0.25, 0.3) is 0 Å². The molecule has 2 aromatic carbocycles. The van der Waals surface area contributed by atoms with Crippen molar-refractivity contribution in [2.45, 2.75) is 19.6 Å². The van der Waals surface area contributed by atoms with Crippen molar-refractivity contribution in [3.05, 3.63) is 53.6 Å². The summed E-state index contributed by atoms with van der Waals surface area (Å²) in [5.74, 6) is 0. The molecule has 1 aliphatic rings. The molecule has 1 heterocycles. The molecule has 4 N–H and O–H groups in total. The maximum atomic E-state index is 13.6. The Kier molecular flexibility index (Phi) is 8.04. The SMILES string of the molecule is CCN1CCN(Cc2ccc(-c3cccc(N)c3)cc2C(F)(F)F)CC1.NC=O. The molecular weight excluding hydrogens is 381 g/mol. The highest BCUT2D eigenvalue weighted by atomic mass is 19.4. The van der Waals surface area contributed by atoms with Crippen LogP contribution in [0.3, 0.4) is 0 Å². The van der Waals surface area contributed by atoms with Crippen LogP contribution < -0.4 is 11.5 Å². The number of rotatable bonds is 4. The van der Waals surface area contributed by atoms with Crippen molar-refractivity contribution in [1.82, 2.24) is 9.80 Å². The summed E-state index contributed by atoms with van der Waals surface area (Å²) in [5, 5.41) is 0. The molecule has 0 bridgehead atoms. The fourth-order valence-electron chi connectivity index (χ4n) is 3.38. The van der Waals surface area contributed by atoms with Crippen molar-refractivity contribution in [3.8, 4) is 11.1 Å². The molecule has 0 saturated carbocycles. The number of carbonyl (C=O) groups excluding carboxylic acids is 1. The maximum absolute atomic E-state index is 13.6. The Bertz CT molecular complexity index is 803. The number of carbonyl (C=O) groups is 1. The summed E-state index contributed by atoms with van der Waals surface area (Å²) in [7, 11) is 0. The average molecular weight is 408 g/mol. The van der Waals surface area contributed by atoms with E-state index in [1.54, 1.807) is 36.4 Å². The van der Waals surface area contributed by atoms with Crippen LogP contribution in [0.4, 0.5) is 18.9 Å². The van der Waals surface area contributed by atoms with Gasteiger partial charge in [0, 0.05) is 38.4 Å². The van der Waals surface area contributed by atoms with Crippen LogP contribution in [0.2, 0.25) is 0 Å². The molecule has 0 unspecified atom stereocenters. The van der Waals surface area contributed by atoms with Gasteiger partial charge in [-0.25, -0.2) is 0 Å². The number of piperazine rings is 1. The van der Waals surface area contributed by atoms with Crippen LogP contribution in [0.25, 0.3) is 11.1 Å². The van der Waals surface area contributed by atoms with E-state index >= 15 is 0 Å². The van der Waals surface area contributed by atoms with E-state index < -0.39 is 11.7 Å². The fourth-order valence-corrected chi connectivity index (χ4v) is 3.38. The lowest BCUT2D eigenvalue weighted by molar-refractivity contribution is -0.138. The number of halogens is 3. The van der Waals surface area contributed by atoms with Crippen molar-refractivity contribution in [2.75, 3.05) is 38.5 Å². The minimum absolute atomic E-state index is 0.250. The summed E-state index contributed by atoms with van der Waals surface area (Å²) in [4.78, 5) is 13.0. The predicted molar refractivity (Wildman–Crippen MR) is 109 cm³/mol. The van der Waals surface area contributed by atoms with E-state index in [4.69, 9.17) is 10.5 Å². The van der Waals surface area contributed by atoms with Crippen molar-refractivity contribution in [2.24, 2.45) is 5.73 Å². The first-order chi connectivity index (χ1) is 13.8. The summed E-state index contributed by atoms with van der Waals surface area (Å²) in [6, 6.07) is 11.5. The highest BCUT2D eigenvalue weighted by molar-refractivity contribution is 5.68. The Morgan fingerprint density at radius 2 is 1.59 bits per heavy atom. The van der Waals surface area contributed by atoms with Crippen LogP contribution in [-0.2, 0) is 17.5 Å². The van der Waals surface area contributed by atoms with E-state index in [1.165, 1.54) is 6.07 Å². The Morgan fingerprint density at radius 1 is 1.00 bits per heavy atom.